The number of para-hydroxylation sites is 1. The van der Waals surface area contributed by atoms with E-state index in [0.717, 1.165) is 5.56 Å². The molecule has 2 aromatic rings. The van der Waals surface area contributed by atoms with Gasteiger partial charge in [0.15, 0.2) is 0 Å². The Balaban J connectivity index is 2.04. The van der Waals surface area contributed by atoms with Gasteiger partial charge < -0.3 is 15.7 Å². The van der Waals surface area contributed by atoms with Crippen LogP contribution in [-0.2, 0) is 9.59 Å². The fraction of sp³-hybridized carbons (Fsp3) is 0.176. The lowest BCUT2D eigenvalue weighted by atomic mass is 10.0. The lowest BCUT2D eigenvalue weighted by molar-refractivity contribution is -0.136. The molecule has 5 nitrogen and oxygen atoms in total. The van der Waals surface area contributed by atoms with Gasteiger partial charge in [-0.3, -0.25) is 9.59 Å². The van der Waals surface area contributed by atoms with Crippen molar-refractivity contribution in [3.63, 3.8) is 0 Å². The number of anilines is 1. The number of nitrogens with one attached hydrogen (secondary N) is 2. The summed E-state index contributed by atoms with van der Waals surface area (Å²) in [5.41, 5.74) is 1.19. The van der Waals surface area contributed by atoms with Crippen LogP contribution in [0.5, 0.6) is 0 Å². The van der Waals surface area contributed by atoms with Gasteiger partial charge in [-0.05, 0) is 24.1 Å². The van der Waals surface area contributed by atoms with Crippen molar-refractivity contribution in [1.82, 2.24) is 5.32 Å². The molecule has 6 heteroatoms. The zero-order chi connectivity index (χ0) is 16.7. The molecule has 0 saturated heterocycles. The molecule has 0 fully saturated rings. The molecule has 3 N–H and O–H groups in total. The minimum absolute atomic E-state index is 0.105. The van der Waals surface area contributed by atoms with Crippen LogP contribution < -0.4 is 10.6 Å². The van der Waals surface area contributed by atoms with Crippen molar-refractivity contribution in [3.05, 3.63) is 65.2 Å². The number of halogens is 1. The summed E-state index contributed by atoms with van der Waals surface area (Å²) in [5, 5.41) is 14.6. The van der Waals surface area contributed by atoms with E-state index in [1.54, 1.807) is 24.3 Å². The Hall–Kier alpha value is -2.37. The highest BCUT2D eigenvalue weighted by Gasteiger charge is 2.20. The molecule has 0 aliphatic heterocycles. The van der Waals surface area contributed by atoms with Gasteiger partial charge in [-0.15, -0.1) is 0 Å². The van der Waals surface area contributed by atoms with E-state index in [9.17, 15) is 9.59 Å². The summed E-state index contributed by atoms with van der Waals surface area (Å²) in [5.74, 6) is -1.59. The molecule has 0 aliphatic rings. The third-order valence-corrected chi connectivity index (χ3v) is 3.58. The van der Waals surface area contributed by atoms with E-state index < -0.39 is 17.9 Å². The van der Waals surface area contributed by atoms with Gasteiger partial charge in [-0.2, -0.15) is 0 Å². The first-order chi connectivity index (χ1) is 11.1. The molecule has 1 atom stereocenters. The Bertz CT molecular complexity index is 677. The third-order valence-electron chi connectivity index (χ3n) is 3.25. The Morgan fingerprint density at radius 3 is 2.30 bits per heavy atom. The van der Waals surface area contributed by atoms with Gasteiger partial charge in [0.05, 0.1) is 16.8 Å². The number of aliphatic hydroxyl groups excluding tert-OH is 1. The Morgan fingerprint density at radius 2 is 1.65 bits per heavy atom. The largest absolute Gasteiger partial charge is 0.396 e. The van der Waals surface area contributed by atoms with E-state index in [1.807, 2.05) is 30.3 Å². The van der Waals surface area contributed by atoms with E-state index in [2.05, 4.69) is 10.6 Å². The predicted octanol–water partition coefficient (Wildman–Crippen LogP) is 2.52. The smallest absolute Gasteiger partial charge is 0.313 e. The van der Waals surface area contributed by atoms with Gasteiger partial charge in [0.1, 0.15) is 0 Å². The fourth-order valence-corrected chi connectivity index (χ4v) is 2.29. The zero-order valence-electron chi connectivity index (χ0n) is 12.3. The average Bonchev–Trinajstić information content (AvgIpc) is 2.57. The topological polar surface area (TPSA) is 78.4 Å². The van der Waals surface area contributed by atoms with Crippen LogP contribution in [-0.4, -0.2) is 23.5 Å². The molecule has 0 aliphatic carbocycles. The van der Waals surface area contributed by atoms with Crippen LogP contribution in [0, 0.1) is 0 Å². The Labute approximate surface area is 139 Å². The highest BCUT2D eigenvalue weighted by Crippen LogP contribution is 2.20. The van der Waals surface area contributed by atoms with E-state index in [-0.39, 0.29) is 6.61 Å². The quantitative estimate of drug-likeness (QED) is 0.736. The summed E-state index contributed by atoms with van der Waals surface area (Å²) in [7, 11) is 0. The molecule has 120 valence electrons. The lowest BCUT2D eigenvalue weighted by Gasteiger charge is -2.18. The molecule has 2 aromatic carbocycles. The van der Waals surface area contributed by atoms with Crippen molar-refractivity contribution in [2.45, 2.75) is 12.5 Å². The second-order valence-corrected chi connectivity index (χ2v) is 5.29. The van der Waals surface area contributed by atoms with Crippen LogP contribution >= 0.6 is 11.6 Å². The number of carbonyl (C=O) groups is 2. The van der Waals surface area contributed by atoms with Crippen LogP contribution in [0.3, 0.4) is 0 Å². The number of hydrogen-bond acceptors (Lipinski definition) is 3. The van der Waals surface area contributed by atoms with Crippen LogP contribution in [0.4, 0.5) is 5.69 Å². The van der Waals surface area contributed by atoms with Crippen molar-refractivity contribution < 1.29 is 14.7 Å². The highest BCUT2D eigenvalue weighted by molar-refractivity contribution is 6.41. The molecule has 23 heavy (non-hydrogen) atoms. The maximum Gasteiger partial charge on any atom is 0.313 e. The lowest BCUT2D eigenvalue weighted by Crippen LogP contribution is -2.38. The van der Waals surface area contributed by atoms with Crippen LogP contribution in [0.25, 0.3) is 0 Å². The molecule has 0 heterocycles. The van der Waals surface area contributed by atoms with Gasteiger partial charge >= 0.3 is 11.8 Å². The first-order valence-electron chi connectivity index (χ1n) is 7.14. The van der Waals surface area contributed by atoms with Crippen molar-refractivity contribution in [1.29, 1.82) is 0 Å². The van der Waals surface area contributed by atoms with E-state index in [4.69, 9.17) is 16.7 Å². The average molecular weight is 333 g/mol. The fourth-order valence-electron chi connectivity index (χ4n) is 2.10. The van der Waals surface area contributed by atoms with Crippen LogP contribution in [0.2, 0.25) is 5.02 Å². The minimum atomic E-state index is -0.808. The van der Waals surface area contributed by atoms with E-state index >= 15 is 0 Å². The molecule has 2 amide bonds. The Morgan fingerprint density at radius 1 is 1.00 bits per heavy atom. The molecular weight excluding hydrogens is 316 g/mol. The summed E-state index contributed by atoms with van der Waals surface area (Å²) in [6, 6.07) is 15.4. The molecule has 1 unspecified atom stereocenters. The van der Waals surface area contributed by atoms with Crippen molar-refractivity contribution >= 4 is 29.1 Å². The minimum Gasteiger partial charge on any atom is -0.396 e. The molecule has 0 spiro atoms. The standard InChI is InChI=1S/C17H17ClN2O3/c18-13-8-4-5-9-15(13)20-17(23)16(22)19-14(10-11-21)12-6-2-1-3-7-12/h1-9,14,21H,10-11H2,(H,19,22)(H,20,23). The number of hydrogen-bond donors (Lipinski definition) is 3. The highest BCUT2D eigenvalue weighted by atomic mass is 35.5. The Kier molecular flexibility index (Phi) is 6.14. The summed E-state index contributed by atoms with van der Waals surface area (Å²) < 4.78 is 0. The van der Waals surface area contributed by atoms with Crippen LogP contribution in [0.1, 0.15) is 18.0 Å². The normalized spacial score (nSPS) is 11.6. The third kappa shape index (κ3) is 4.81. The van der Waals surface area contributed by atoms with Gasteiger partial charge in [0.25, 0.3) is 0 Å². The maximum absolute atomic E-state index is 12.1. The summed E-state index contributed by atoms with van der Waals surface area (Å²) in [6.45, 7) is -0.105. The monoisotopic (exact) mass is 332 g/mol. The van der Waals surface area contributed by atoms with Gasteiger partial charge in [-0.25, -0.2) is 0 Å². The van der Waals surface area contributed by atoms with E-state index in [1.165, 1.54) is 0 Å². The molecule has 0 saturated carbocycles. The van der Waals surface area contributed by atoms with E-state index in [0.29, 0.717) is 17.1 Å². The summed E-state index contributed by atoms with van der Waals surface area (Å²) >= 11 is 5.94. The van der Waals surface area contributed by atoms with Gasteiger partial charge in [0.2, 0.25) is 0 Å². The van der Waals surface area contributed by atoms with Gasteiger partial charge in [0, 0.05) is 6.61 Å². The maximum atomic E-state index is 12.1. The molecule has 0 bridgehead atoms. The van der Waals surface area contributed by atoms with Crippen LogP contribution in [0.15, 0.2) is 54.6 Å². The summed E-state index contributed by atoms with van der Waals surface area (Å²) in [6.07, 6.45) is 0.315. The molecular formula is C17H17ClN2O3. The molecule has 0 radical (unpaired) electrons. The van der Waals surface area contributed by atoms with Crippen molar-refractivity contribution in [2.75, 3.05) is 11.9 Å². The first-order valence-corrected chi connectivity index (χ1v) is 7.52. The second-order valence-electron chi connectivity index (χ2n) is 4.88. The molecule has 0 aromatic heterocycles. The second kappa shape index (κ2) is 8.31. The summed E-state index contributed by atoms with van der Waals surface area (Å²) in [4.78, 5) is 24.1. The van der Waals surface area contributed by atoms with Crippen molar-refractivity contribution in [3.8, 4) is 0 Å². The predicted molar refractivity (Wildman–Crippen MR) is 89.1 cm³/mol. The molecule has 2 rings (SSSR count). The zero-order valence-corrected chi connectivity index (χ0v) is 13.1. The number of carbonyl (C=O) groups excluding carboxylic acids is 2. The first kappa shape index (κ1) is 17.0. The number of amides is 2. The number of benzene rings is 2. The van der Waals surface area contributed by atoms with Gasteiger partial charge in [-0.1, -0.05) is 54.1 Å². The number of rotatable bonds is 5. The number of aliphatic hydroxyl groups is 1. The SMILES string of the molecule is O=C(Nc1ccccc1Cl)C(=O)NC(CCO)c1ccccc1. The van der Waals surface area contributed by atoms with Crippen molar-refractivity contribution in [2.24, 2.45) is 0 Å².